The molecular weight excluding hydrogens is 150 g/mol. The summed E-state index contributed by atoms with van der Waals surface area (Å²) in [5.74, 6) is 0.122. The Morgan fingerprint density at radius 2 is 2.50 bits per heavy atom. The van der Waals surface area contributed by atoms with E-state index in [4.69, 9.17) is 5.73 Å². The first kappa shape index (κ1) is 9.52. The Morgan fingerprint density at radius 1 is 1.90 bits per heavy atom. The Kier molecular flexibility index (Phi) is 5.06. The molecule has 0 aromatic heterocycles. The standard InChI is InChI=1S/C6H11NO2S/c1-2-9-6(8)5(7)3-4-10/h2,5,10H,1,3-4,7H2/t5-/m1/s1. The molecule has 2 N–H and O–H groups in total. The van der Waals surface area contributed by atoms with E-state index in [0.29, 0.717) is 12.2 Å². The van der Waals surface area contributed by atoms with Crippen molar-refractivity contribution in [1.29, 1.82) is 0 Å². The lowest BCUT2D eigenvalue weighted by Crippen LogP contribution is -2.31. The van der Waals surface area contributed by atoms with E-state index in [-0.39, 0.29) is 0 Å². The van der Waals surface area contributed by atoms with Crippen LogP contribution in [0.1, 0.15) is 6.42 Å². The van der Waals surface area contributed by atoms with E-state index in [1.807, 2.05) is 0 Å². The largest absolute Gasteiger partial charge is 0.434 e. The fourth-order valence-electron chi connectivity index (χ4n) is 0.426. The highest BCUT2D eigenvalue weighted by Gasteiger charge is 2.11. The smallest absolute Gasteiger partial charge is 0.327 e. The van der Waals surface area contributed by atoms with Gasteiger partial charge in [0.2, 0.25) is 0 Å². The molecular formula is C6H11NO2S. The summed E-state index contributed by atoms with van der Waals surface area (Å²) >= 11 is 3.91. The van der Waals surface area contributed by atoms with Crippen molar-refractivity contribution >= 4 is 18.6 Å². The van der Waals surface area contributed by atoms with Gasteiger partial charge in [-0.15, -0.1) is 0 Å². The molecule has 0 spiro atoms. The van der Waals surface area contributed by atoms with E-state index in [1.165, 1.54) is 0 Å². The number of hydrogen-bond donors (Lipinski definition) is 2. The van der Waals surface area contributed by atoms with Crippen LogP contribution in [0.4, 0.5) is 0 Å². The topological polar surface area (TPSA) is 52.3 Å². The molecule has 4 heteroatoms. The molecule has 0 aromatic carbocycles. The fraction of sp³-hybridized carbons (Fsp3) is 0.500. The maximum absolute atomic E-state index is 10.7. The fourth-order valence-corrected chi connectivity index (χ4v) is 0.705. The van der Waals surface area contributed by atoms with Crippen LogP contribution < -0.4 is 5.73 Å². The zero-order valence-corrected chi connectivity index (χ0v) is 6.51. The summed E-state index contributed by atoms with van der Waals surface area (Å²) in [4.78, 5) is 10.7. The van der Waals surface area contributed by atoms with Crippen molar-refractivity contribution in [1.82, 2.24) is 0 Å². The molecule has 0 heterocycles. The molecule has 0 aliphatic carbocycles. The van der Waals surface area contributed by atoms with Crippen LogP contribution in [-0.2, 0) is 9.53 Å². The van der Waals surface area contributed by atoms with Crippen LogP contribution in [0.25, 0.3) is 0 Å². The Morgan fingerprint density at radius 3 is 2.90 bits per heavy atom. The zero-order chi connectivity index (χ0) is 7.98. The van der Waals surface area contributed by atoms with Gasteiger partial charge in [0.15, 0.2) is 0 Å². The van der Waals surface area contributed by atoms with Crippen molar-refractivity contribution in [3.8, 4) is 0 Å². The molecule has 0 saturated heterocycles. The maximum Gasteiger partial charge on any atom is 0.327 e. The van der Waals surface area contributed by atoms with Crippen molar-refractivity contribution in [2.45, 2.75) is 12.5 Å². The summed E-state index contributed by atoms with van der Waals surface area (Å²) in [6.07, 6.45) is 1.59. The predicted molar refractivity (Wildman–Crippen MR) is 42.7 cm³/mol. The predicted octanol–water partition coefficient (Wildman–Crippen LogP) is 0.320. The van der Waals surface area contributed by atoms with Gasteiger partial charge in [-0.3, -0.25) is 0 Å². The number of hydrogen-bond acceptors (Lipinski definition) is 4. The third-order valence-corrected chi connectivity index (χ3v) is 1.20. The molecule has 0 rings (SSSR count). The molecule has 0 radical (unpaired) electrons. The van der Waals surface area contributed by atoms with Crippen LogP contribution in [0.15, 0.2) is 12.8 Å². The van der Waals surface area contributed by atoms with Gasteiger partial charge in [-0.2, -0.15) is 12.6 Å². The first-order valence-corrected chi connectivity index (χ1v) is 3.53. The van der Waals surface area contributed by atoms with Gasteiger partial charge in [-0.25, -0.2) is 4.79 Å². The second kappa shape index (κ2) is 5.32. The van der Waals surface area contributed by atoms with Gasteiger partial charge >= 0.3 is 5.97 Å². The highest BCUT2D eigenvalue weighted by Crippen LogP contribution is 1.93. The van der Waals surface area contributed by atoms with Crippen molar-refractivity contribution < 1.29 is 9.53 Å². The number of ether oxygens (including phenoxy) is 1. The van der Waals surface area contributed by atoms with Crippen molar-refractivity contribution in [2.24, 2.45) is 5.73 Å². The van der Waals surface area contributed by atoms with Gasteiger partial charge in [0.1, 0.15) is 6.04 Å². The number of nitrogens with two attached hydrogens (primary N) is 1. The van der Waals surface area contributed by atoms with Crippen LogP contribution in [0.3, 0.4) is 0 Å². The van der Waals surface area contributed by atoms with Gasteiger partial charge in [-0.05, 0) is 12.2 Å². The Bertz CT molecular complexity index is 127. The Labute approximate surface area is 65.6 Å². The number of carbonyl (C=O) groups excluding carboxylic acids is 1. The quantitative estimate of drug-likeness (QED) is 0.355. The van der Waals surface area contributed by atoms with E-state index < -0.39 is 12.0 Å². The monoisotopic (exact) mass is 161 g/mol. The molecule has 0 amide bonds. The van der Waals surface area contributed by atoms with Gasteiger partial charge in [0.25, 0.3) is 0 Å². The summed E-state index contributed by atoms with van der Waals surface area (Å²) in [5.41, 5.74) is 5.34. The molecule has 0 aliphatic heterocycles. The first-order chi connectivity index (χ1) is 4.72. The number of thiol groups is 1. The molecule has 0 aliphatic rings. The molecule has 58 valence electrons. The van der Waals surface area contributed by atoms with E-state index in [2.05, 4.69) is 23.9 Å². The Hall–Kier alpha value is -0.480. The van der Waals surface area contributed by atoms with Crippen LogP contribution in [0.5, 0.6) is 0 Å². The molecule has 10 heavy (non-hydrogen) atoms. The Balaban J connectivity index is 3.58. The van der Waals surface area contributed by atoms with Gasteiger partial charge in [-0.1, -0.05) is 6.58 Å². The molecule has 0 fully saturated rings. The van der Waals surface area contributed by atoms with Crippen molar-refractivity contribution in [3.63, 3.8) is 0 Å². The average molecular weight is 161 g/mol. The first-order valence-electron chi connectivity index (χ1n) is 2.90. The molecule has 0 unspecified atom stereocenters. The third kappa shape index (κ3) is 3.53. The lowest BCUT2D eigenvalue weighted by atomic mass is 10.2. The minimum atomic E-state index is -0.574. The number of esters is 1. The minimum Gasteiger partial charge on any atom is -0.434 e. The summed E-state index contributed by atoms with van der Waals surface area (Å²) in [6.45, 7) is 3.23. The van der Waals surface area contributed by atoms with E-state index in [1.54, 1.807) is 0 Å². The SMILES string of the molecule is C=COC(=O)[C@H](N)CCS. The van der Waals surface area contributed by atoms with Crippen LogP contribution in [-0.4, -0.2) is 17.8 Å². The molecule has 0 aromatic rings. The zero-order valence-electron chi connectivity index (χ0n) is 5.62. The van der Waals surface area contributed by atoms with E-state index >= 15 is 0 Å². The summed E-state index contributed by atoms with van der Waals surface area (Å²) in [5, 5.41) is 0. The van der Waals surface area contributed by atoms with Gasteiger partial charge in [0, 0.05) is 0 Å². The summed E-state index contributed by atoms with van der Waals surface area (Å²) < 4.78 is 4.42. The summed E-state index contributed by atoms with van der Waals surface area (Å²) in [7, 11) is 0. The highest BCUT2D eigenvalue weighted by molar-refractivity contribution is 7.80. The highest BCUT2D eigenvalue weighted by atomic mass is 32.1. The lowest BCUT2D eigenvalue weighted by Gasteiger charge is -2.05. The number of rotatable bonds is 4. The average Bonchev–Trinajstić information content (AvgIpc) is 1.89. The maximum atomic E-state index is 10.7. The van der Waals surface area contributed by atoms with Crippen LogP contribution in [0.2, 0.25) is 0 Å². The van der Waals surface area contributed by atoms with Crippen LogP contribution in [0, 0.1) is 0 Å². The summed E-state index contributed by atoms with van der Waals surface area (Å²) in [6, 6.07) is -0.574. The van der Waals surface area contributed by atoms with Crippen molar-refractivity contribution in [2.75, 3.05) is 5.75 Å². The van der Waals surface area contributed by atoms with E-state index in [9.17, 15) is 4.79 Å². The van der Waals surface area contributed by atoms with E-state index in [0.717, 1.165) is 6.26 Å². The normalized spacial score (nSPS) is 12.2. The minimum absolute atomic E-state index is 0.455. The molecule has 0 saturated carbocycles. The van der Waals surface area contributed by atoms with Crippen LogP contribution >= 0.6 is 12.6 Å². The molecule has 3 nitrogen and oxygen atoms in total. The van der Waals surface area contributed by atoms with Gasteiger partial charge in [0.05, 0.1) is 6.26 Å². The second-order valence-electron chi connectivity index (χ2n) is 1.72. The third-order valence-electron chi connectivity index (χ3n) is 0.942. The molecule has 0 bridgehead atoms. The lowest BCUT2D eigenvalue weighted by molar-refractivity contribution is -0.139. The molecule has 1 atom stereocenters. The van der Waals surface area contributed by atoms with Crippen molar-refractivity contribution in [3.05, 3.63) is 12.8 Å². The second-order valence-corrected chi connectivity index (χ2v) is 2.17. The van der Waals surface area contributed by atoms with Gasteiger partial charge < -0.3 is 10.5 Å². The number of carbonyl (C=O) groups is 1.